The highest BCUT2D eigenvalue weighted by Gasteiger charge is 1.96. The summed E-state index contributed by atoms with van der Waals surface area (Å²) in [5.41, 5.74) is 2.69. The van der Waals surface area contributed by atoms with Crippen LogP contribution >= 0.6 is 0 Å². The van der Waals surface area contributed by atoms with Gasteiger partial charge in [0, 0.05) is 11.9 Å². The number of nitrogens with one attached hydrogen (secondary N) is 1. The third-order valence-electron chi connectivity index (χ3n) is 2.04. The number of rotatable bonds is 3. The fourth-order valence-corrected chi connectivity index (χ4v) is 1.33. The second-order valence-electron chi connectivity index (χ2n) is 3.23. The molecule has 0 fully saturated rings. The van der Waals surface area contributed by atoms with Crippen molar-refractivity contribution in [2.75, 3.05) is 5.32 Å². The minimum Gasteiger partial charge on any atom is -0.392 e. The molecule has 0 amide bonds. The van der Waals surface area contributed by atoms with Gasteiger partial charge in [-0.2, -0.15) is 0 Å². The number of hydrogen-bond acceptors (Lipinski definition) is 3. The maximum absolute atomic E-state index is 8.96. The van der Waals surface area contributed by atoms with E-state index in [1.54, 1.807) is 12.4 Å². The molecule has 0 spiro atoms. The second-order valence-corrected chi connectivity index (χ2v) is 3.23. The van der Waals surface area contributed by atoms with E-state index in [4.69, 9.17) is 5.11 Å². The molecule has 0 bridgehead atoms. The first kappa shape index (κ1) is 9.68. The van der Waals surface area contributed by atoms with E-state index in [0.29, 0.717) is 0 Å². The Morgan fingerprint density at radius 2 is 1.87 bits per heavy atom. The van der Waals surface area contributed by atoms with Gasteiger partial charge in [-0.25, -0.2) is 0 Å². The Hall–Kier alpha value is -1.87. The van der Waals surface area contributed by atoms with Gasteiger partial charge in [0.25, 0.3) is 0 Å². The smallest absolute Gasteiger partial charge is 0.0697 e. The van der Waals surface area contributed by atoms with Gasteiger partial charge < -0.3 is 10.4 Å². The maximum atomic E-state index is 8.96. The molecule has 1 aromatic heterocycles. The molecule has 1 heterocycles. The summed E-state index contributed by atoms with van der Waals surface area (Å²) >= 11 is 0. The lowest BCUT2D eigenvalue weighted by molar-refractivity contribution is 0.281. The van der Waals surface area contributed by atoms with Gasteiger partial charge in [0.05, 0.1) is 18.5 Å². The van der Waals surface area contributed by atoms with E-state index in [-0.39, 0.29) is 6.61 Å². The van der Waals surface area contributed by atoms with Crippen LogP contribution in [0, 0.1) is 0 Å². The molecular weight excluding hydrogens is 188 g/mol. The number of hydrogen-bond donors (Lipinski definition) is 2. The van der Waals surface area contributed by atoms with Crippen molar-refractivity contribution in [2.24, 2.45) is 0 Å². The number of benzene rings is 1. The SMILES string of the molecule is OCc1cncc(Nc2ccccc2)c1. The standard InChI is InChI=1S/C12H12N2O/c15-9-10-6-12(8-13-7-10)14-11-4-2-1-3-5-11/h1-8,14-15H,9H2. The van der Waals surface area contributed by atoms with E-state index in [1.165, 1.54) is 0 Å². The van der Waals surface area contributed by atoms with E-state index < -0.39 is 0 Å². The summed E-state index contributed by atoms with van der Waals surface area (Å²) in [5.74, 6) is 0. The molecule has 0 saturated heterocycles. The number of para-hydroxylation sites is 1. The molecule has 3 nitrogen and oxygen atoms in total. The van der Waals surface area contributed by atoms with Crippen molar-refractivity contribution in [1.29, 1.82) is 0 Å². The van der Waals surface area contributed by atoms with Crippen LogP contribution in [0.3, 0.4) is 0 Å². The van der Waals surface area contributed by atoms with E-state index in [9.17, 15) is 0 Å². The Morgan fingerprint density at radius 1 is 1.07 bits per heavy atom. The molecule has 0 aliphatic rings. The van der Waals surface area contributed by atoms with Crippen LogP contribution in [0.2, 0.25) is 0 Å². The first-order valence-corrected chi connectivity index (χ1v) is 4.75. The Bertz CT molecular complexity index is 429. The minimum atomic E-state index is 0.0112. The summed E-state index contributed by atoms with van der Waals surface area (Å²) in [5, 5.41) is 12.2. The molecule has 0 unspecified atom stereocenters. The molecule has 1 aromatic carbocycles. The van der Waals surface area contributed by atoms with Crippen LogP contribution in [0.1, 0.15) is 5.56 Å². The van der Waals surface area contributed by atoms with Crippen LogP contribution in [0.5, 0.6) is 0 Å². The quantitative estimate of drug-likeness (QED) is 0.799. The van der Waals surface area contributed by atoms with E-state index in [1.807, 2.05) is 36.4 Å². The summed E-state index contributed by atoms with van der Waals surface area (Å²) in [6, 6.07) is 11.7. The summed E-state index contributed by atoms with van der Waals surface area (Å²) in [6.07, 6.45) is 3.38. The number of nitrogens with zero attached hydrogens (tertiary/aromatic N) is 1. The van der Waals surface area contributed by atoms with Gasteiger partial charge in [-0.05, 0) is 23.8 Å². The van der Waals surface area contributed by atoms with Crippen LogP contribution in [-0.4, -0.2) is 10.1 Å². The van der Waals surface area contributed by atoms with Gasteiger partial charge in [0.1, 0.15) is 0 Å². The molecule has 0 atom stereocenters. The van der Waals surface area contributed by atoms with Crippen LogP contribution in [0.4, 0.5) is 11.4 Å². The number of anilines is 2. The first-order chi connectivity index (χ1) is 7.38. The molecule has 0 saturated carbocycles. The topological polar surface area (TPSA) is 45.2 Å². The van der Waals surface area contributed by atoms with Crippen molar-refractivity contribution in [3.05, 3.63) is 54.4 Å². The van der Waals surface area contributed by atoms with Crippen molar-refractivity contribution in [3.63, 3.8) is 0 Å². The van der Waals surface area contributed by atoms with E-state index in [0.717, 1.165) is 16.9 Å². The lowest BCUT2D eigenvalue weighted by Crippen LogP contribution is -1.93. The summed E-state index contributed by atoms with van der Waals surface area (Å²) in [4.78, 5) is 4.03. The van der Waals surface area contributed by atoms with Crippen molar-refractivity contribution >= 4 is 11.4 Å². The summed E-state index contributed by atoms with van der Waals surface area (Å²) < 4.78 is 0. The number of aromatic nitrogens is 1. The molecule has 3 heteroatoms. The van der Waals surface area contributed by atoms with Gasteiger partial charge in [-0.1, -0.05) is 18.2 Å². The van der Waals surface area contributed by atoms with Crippen LogP contribution in [0.15, 0.2) is 48.8 Å². The monoisotopic (exact) mass is 200 g/mol. The zero-order valence-electron chi connectivity index (χ0n) is 8.22. The molecule has 0 radical (unpaired) electrons. The Labute approximate surface area is 88.4 Å². The highest BCUT2D eigenvalue weighted by molar-refractivity contribution is 5.58. The van der Waals surface area contributed by atoms with Gasteiger partial charge in [0.15, 0.2) is 0 Å². The van der Waals surface area contributed by atoms with Gasteiger partial charge in [0.2, 0.25) is 0 Å². The molecule has 2 rings (SSSR count). The second kappa shape index (κ2) is 4.57. The highest BCUT2D eigenvalue weighted by Crippen LogP contribution is 2.15. The van der Waals surface area contributed by atoms with E-state index >= 15 is 0 Å². The van der Waals surface area contributed by atoms with E-state index in [2.05, 4.69) is 10.3 Å². The molecular formula is C12H12N2O. The lowest BCUT2D eigenvalue weighted by Gasteiger charge is -2.06. The molecule has 2 N–H and O–H groups in total. The highest BCUT2D eigenvalue weighted by atomic mass is 16.3. The van der Waals surface area contributed by atoms with Gasteiger partial charge in [-0.3, -0.25) is 4.98 Å². The third-order valence-corrected chi connectivity index (χ3v) is 2.04. The van der Waals surface area contributed by atoms with Crippen molar-refractivity contribution in [1.82, 2.24) is 4.98 Å². The predicted molar refractivity (Wildman–Crippen MR) is 59.9 cm³/mol. The van der Waals surface area contributed by atoms with Crippen molar-refractivity contribution in [2.45, 2.75) is 6.61 Å². The zero-order valence-corrected chi connectivity index (χ0v) is 8.22. The van der Waals surface area contributed by atoms with Crippen LogP contribution in [0.25, 0.3) is 0 Å². The third kappa shape index (κ3) is 2.54. The molecule has 0 aliphatic heterocycles. The number of aliphatic hydroxyl groups excluding tert-OH is 1. The molecule has 0 aliphatic carbocycles. The Morgan fingerprint density at radius 3 is 2.60 bits per heavy atom. The minimum absolute atomic E-state index is 0.0112. The fourth-order valence-electron chi connectivity index (χ4n) is 1.33. The number of aliphatic hydroxyl groups is 1. The fraction of sp³-hybridized carbons (Fsp3) is 0.0833. The van der Waals surface area contributed by atoms with Crippen molar-refractivity contribution < 1.29 is 5.11 Å². The lowest BCUT2D eigenvalue weighted by atomic mass is 10.2. The molecule has 76 valence electrons. The Balaban J connectivity index is 2.17. The Kier molecular flexibility index (Phi) is 2.95. The van der Waals surface area contributed by atoms with Crippen LogP contribution in [-0.2, 0) is 6.61 Å². The predicted octanol–water partition coefficient (Wildman–Crippen LogP) is 2.32. The average Bonchev–Trinajstić information content (AvgIpc) is 2.31. The largest absolute Gasteiger partial charge is 0.392 e. The average molecular weight is 200 g/mol. The molecule has 2 aromatic rings. The van der Waals surface area contributed by atoms with Gasteiger partial charge in [-0.15, -0.1) is 0 Å². The van der Waals surface area contributed by atoms with Crippen molar-refractivity contribution in [3.8, 4) is 0 Å². The maximum Gasteiger partial charge on any atom is 0.0697 e. The first-order valence-electron chi connectivity index (χ1n) is 4.75. The number of pyridine rings is 1. The summed E-state index contributed by atoms with van der Waals surface area (Å²) in [6.45, 7) is 0.0112. The molecule has 15 heavy (non-hydrogen) atoms. The normalized spacial score (nSPS) is 9.93. The van der Waals surface area contributed by atoms with Crippen LogP contribution < -0.4 is 5.32 Å². The zero-order chi connectivity index (χ0) is 10.5. The van der Waals surface area contributed by atoms with Gasteiger partial charge >= 0.3 is 0 Å². The summed E-state index contributed by atoms with van der Waals surface area (Å²) in [7, 11) is 0.